The van der Waals surface area contributed by atoms with Crippen LogP contribution in [0.25, 0.3) is 0 Å². The average molecular weight is 240 g/mol. The molecule has 0 aliphatic heterocycles. The molecule has 0 fully saturated rings. The summed E-state index contributed by atoms with van der Waals surface area (Å²) in [6, 6.07) is -0.836. The van der Waals surface area contributed by atoms with Crippen LogP contribution < -0.4 is 0 Å². The molecule has 1 rings (SSSR count). The molecule has 1 aromatic rings. The van der Waals surface area contributed by atoms with Gasteiger partial charge in [-0.25, -0.2) is 9.78 Å². The molecule has 6 heteroatoms. The van der Waals surface area contributed by atoms with E-state index < -0.39 is 12.0 Å². The maximum Gasteiger partial charge on any atom is 0.326 e. The topological polar surface area (TPSA) is 83.6 Å². The summed E-state index contributed by atoms with van der Waals surface area (Å²) in [5.74, 6) is -1.21. The number of oxazole rings is 1. The number of carboxylic acids is 1. The molecule has 1 heterocycles. The lowest BCUT2D eigenvalue weighted by Crippen LogP contribution is -2.46. The minimum atomic E-state index is -1.01. The third kappa shape index (κ3) is 3.30. The van der Waals surface area contributed by atoms with Crippen LogP contribution >= 0.6 is 0 Å². The standard InChI is InChI=1S/C11H16N2O4/c1-7(2)10(11(15)16)13(3)9(14)6-8-12-4-5-17-8/h4-5,7,10H,6H2,1-3H3,(H,15,16). The zero-order valence-corrected chi connectivity index (χ0v) is 10.1. The Balaban J connectivity index is 2.70. The second-order valence-electron chi connectivity index (χ2n) is 4.13. The lowest BCUT2D eigenvalue weighted by atomic mass is 10.0. The van der Waals surface area contributed by atoms with E-state index in [0.717, 1.165) is 0 Å². The Morgan fingerprint density at radius 1 is 1.53 bits per heavy atom. The van der Waals surface area contributed by atoms with Crippen molar-refractivity contribution in [2.24, 2.45) is 5.92 Å². The van der Waals surface area contributed by atoms with Crippen LogP contribution in [0.4, 0.5) is 0 Å². The first-order valence-corrected chi connectivity index (χ1v) is 5.30. The highest BCUT2D eigenvalue weighted by Gasteiger charge is 2.29. The number of carbonyl (C=O) groups excluding carboxylic acids is 1. The van der Waals surface area contributed by atoms with E-state index in [1.54, 1.807) is 13.8 Å². The third-order valence-electron chi connectivity index (χ3n) is 2.48. The van der Waals surface area contributed by atoms with Gasteiger partial charge in [-0.2, -0.15) is 0 Å². The van der Waals surface area contributed by atoms with E-state index in [2.05, 4.69) is 4.98 Å². The molecule has 0 aromatic carbocycles. The molecule has 1 unspecified atom stereocenters. The van der Waals surface area contributed by atoms with Crippen molar-refractivity contribution in [2.75, 3.05) is 7.05 Å². The number of carboxylic acid groups (broad SMARTS) is 1. The van der Waals surface area contributed by atoms with Gasteiger partial charge in [0.05, 0.1) is 6.20 Å². The maximum absolute atomic E-state index is 11.8. The summed E-state index contributed by atoms with van der Waals surface area (Å²) < 4.78 is 4.95. The quantitative estimate of drug-likeness (QED) is 0.822. The molecule has 0 aliphatic carbocycles. The Bertz CT molecular complexity index is 386. The lowest BCUT2D eigenvalue weighted by molar-refractivity contribution is -0.150. The zero-order valence-electron chi connectivity index (χ0n) is 10.1. The van der Waals surface area contributed by atoms with Crippen molar-refractivity contribution in [1.82, 2.24) is 9.88 Å². The van der Waals surface area contributed by atoms with Crippen LogP contribution in [-0.4, -0.2) is 40.0 Å². The van der Waals surface area contributed by atoms with E-state index in [9.17, 15) is 9.59 Å². The summed E-state index contributed by atoms with van der Waals surface area (Å²) in [5, 5.41) is 9.06. The SMILES string of the molecule is CC(C)C(C(=O)O)N(C)C(=O)Cc1ncco1. The van der Waals surface area contributed by atoms with Gasteiger partial charge in [0, 0.05) is 7.05 Å². The number of likely N-dealkylation sites (N-methyl/N-ethyl adjacent to an activating group) is 1. The first-order valence-electron chi connectivity index (χ1n) is 5.30. The van der Waals surface area contributed by atoms with Crippen molar-refractivity contribution in [1.29, 1.82) is 0 Å². The van der Waals surface area contributed by atoms with Crippen LogP contribution in [0.2, 0.25) is 0 Å². The second kappa shape index (κ2) is 5.47. The van der Waals surface area contributed by atoms with Crippen LogP contribution in [0.5, 0.6) is 0 Å². The maximum atomic E-state index is 11.8. The molecule has 1 atom stereocenters. The van der Waals surface area contributed by atoms with E-state index in [-0.39, 0.29) is 24.1 Å². The van der Waals surface area contributed by atoms with Crippen LogP contribution in [0, 0.1) is 5.92 Å². The van der Waals surface area contributed by atoms with Crippen LogP contribution in [0.15, 0.2) is 16.9 Å². The first-order chi connectivity index (χ1) is 7.93. The Morgan fingerprint density at radius 2 is 2.18 bits per heavy atom. The first kappa shape index (κ1) is 13.2. The Hall–Kier alpha value is -1.85. The van der Waals surface area contributed by atoms with Crippen LogP contribution in [0.1, 0.15) is 19.7 Å². The fraction of sp³-hybridized carbons (Fsp3) is 0.545. The predicted molar refractivity (Wildman–Crippen MR) is 59.2 cm³/mol. The predicted octanol–water partition coefficient (Wildman–Crippen LogP) is 0.785. The largest absolute Gasteiger partial charge is 0.480 e. The zero-order chi connectivity index (χ0) is 13.0. The molecule has 1 N–H and O–H groups in total. The number of rotatable bonds is 5. The lowest BCUT2D eigenvalue weighted by Gasteiger charge is -2.27. The van der Waals surface area contributed by atoms with Crippen molar-refractivity contribution < 1.29 is 19.1 Å². The van der Waals surface area contributed by atoms with Crippen molar-refractivity contribution in [3.05, 3.63) is 18.4 Å². The molecule has 94 valence electrons. The molecule has 17 heavy (non-hydrogen) atoms. The normalized spacial score (nSPS) is 12.5. The van der Waals surface area contributed by atoms with E-state index in [4.69, 9.17) is 9.52 Å². The summed E-state index contributed by atoms with van der Waals surface area (Å²) in [6.45, 7) is 3.52. The summed E-state index contributed by atoms with van der Waals surface area (Å²) in [5.41, 5.74) is 0. The fourth-order valence-corrected chi connectivity index (χ4v) is 1.65. The minimum Gasteiger partial charge on any atom is -0.480 e. The van der Waals surface area contributed by atoms with E-state index in [1.165, 1.54) is 24.4 Å². The van der Waals surface area contributed by atoms with E-state index in [0.29, 0.717) is 0 Å². The van der Waals surface area contributed by atoms with Crippen molar-refractivity contribution in [3.8, 4) is 0 Å². The Kier molecular flexibility index (Phi) is 4.25. The van der Waals surface area contributed by atoms with Gasteiger partial charge in [-0.15, -0.1) is 0 Å². The molecule has 1 amide bonds. The van der Waals surface area contributed by atoms with Gasteiger partial charge >= 0.3 is 5.97 Å². The van der Waals surface area contributed by atoms with Crippen molar-refractivity contribution in [3.63, 3.8) is 0 Å². The summed E-state index contributed by atoms with van der Waals surface area (Å²) >= 11 is 0. The fourth-order valence-electron chi connectivity index (χ4n) is 1.65. The van der Waals surface area contributed by atoms with Crippen molar-refractivity contribution in [2.45, 2.75) is 26.3 Å². The number of aliphatic carboxylic acids is 1. The van der Waals surface area contributed by atoms with Crippen molar-refractivity contribution >= 4 is 11.9 Å². The minimum absolute atomic E-state index is 0.0278. The molecule has 0 saturated heterocycles. The van der Waals surface area contributed by atoms with E-state index >= 15 is 0 Å². The smallest absolute Gasteiger partial charge is 0.326 e. The van der Waals surface area contributed by atoms with Gasteiger partial charge in [-0.05, 0) is 5.92 Å². The van der Waals surface area contributed by atoms with Gasteiger partial charge in [0.25, 0.3) is 0 Å². The Morgan fingerprint density at radius 3 is 2.59 bits per heavy atom. The van der Waals surface area contributed by atoms with Gasteiger partial charge in [0.15, 0.2) is 0 Å². The number of carbonyl (C=O) groups is 2. The molecular weight excluding hydrogens is 224 g/mol. The molecule has 0 spiro atoms. The molecule has 0 bridgehead atoms. The molecule has 1 aromatic heterocycles. The van der Waals surface area contributed by atoms with E-state index in [1.807, 2.05) is 0 Å². The molecule has 0 aliphatic rings. The average Bonchev–Trinajstić information content (AvgIpc) is 2.68. The van der Waals surface area contributed by atoms with Gasteiger partial charge < -0.3 is 14.4 Å². The number of hydrogen-bond donors (Lipinski definition) is 1. The highest BCUT2D eigenvalue weighted by molar-refractivity contribution is 5.84. The molecule has 0 radical (unpaired) electrons. The number of hydrogen-bond acceptors (Lipinski definition) is 4. The van der Waals surface area contributed by atoms with Gasteiger partial charge in [0.1, 0.15) is 18.7 Å². The molecule has 6 nitrogen and oxygen atoms in total. The molecular formula is C11H16N2O4. The summed E-state index contributed by atoms with van der Waals surface area (Å²) in [6.07, 6.45) is 2.79. The number of amides is 1. The molecule has 0 saturated carbocycles. The number of aromatic nitrogens is 1. The highest BCUT2D eigenvalue weighted by atomic mass is 16.4. The van der Waals surface area contributed by atoms with Crippen LogP contribution in [-0.2, 0) is 16.0 Å². The van der Waals surface area contributed by atoms with Gasteiger partial charge in [0.2, 0.25) is 11.8 Å². The number of nitrogens with zero attached hydrogens (tertiary/aromatic N) is 2. The summed E-state index contributed by atoms with van der Waals surface area (Å²) in [4.78, 5) is 27.9. The summed E-state index contributed by atoms with van der Waals surface area (Å²) in [7, 11) is 1.48. The Labute approximate surface area is 99.2 Å². The highest BCUT2D eigenvalue weighted by Crippen LogP contribution is 2.11. The third-order valence-corrected chi connectivity index (χ3v) is 2.48. The monoisotopic (exact) mass is 240 g/mol. The van der Waals surface area contributed by atoms with Crippen LogP contribution in [0.3, 0.4) is 0 Å². The van der Waals surface area contributed by atoms with Gasteiger partial charge in [-0.1, -0.05) is 13.8 Å². The van der Waals surface area contributed by atoms with Gasteiger partial charge in [-0.3, -0.25) is 4.79 Å². The second-order valence-corrected chi connectivity index (χ2v) is 4.13.